The second kappa shape index (κ2) is 9.64. The number of piperidine rings is 1. The first-order valence-corrected chi connectivity index (χ1v) is 9.66. The van der Waals surface area contributed by atoms with Crippen molar-refractivity contribution < 1.29 is 18.3 Å². The lowest BCUT2D eigenvalue weighted by Gasteiger charge is -2.33. The van der Waals surface area contributed by atoms with Crippen molar-refractivity contribution >= 4 is 11.7 Å². The largest absolute Gasteiger partial charge is 0.434 e. The molecule has 0 aliphatic carbocycles. The van der Waals surface area contributed by atoms with E-state index in [9.17, 15) is 13.6 Å². The van der Waals surface area contributed by atoms with E-state index in [-0.39, 0.29) is 11.7 Å². The number of hydrogen-bond donors (Lipinski definition) is 2. The molecule has 152 valence electrons. The molecule has 1 aliphatic heterocycles. The Balaban J connectivity index is 1.52. The van der Waals surface area contributed by atoms with Crippen LogP contribution in [0.4, 0.5) is 14.6 Å². The van der Waals surface area contributed by atoms with Gasteiger partial charge in [-0.2, -0.15) is 13.9 Å². The Morgan fingerprint density at radius 2 is 2.21 bits per heavy atom. The molecule has 6 nitrogen and oxygen atoms in total. The van der Waals surface area contributed by atoms with Crippen LogP contribution in [0.15, 0.2) is 30.3 Å². The van der Waals surface area contributed by atoms with Gasteiger partial charge in [0.1, 0.15) is 11.6 Å². The fourth-order valence-corrected chi connectivity index (χ4v) is 3.55. The van der Waals surface area contributed by atoms with Crippen molar-refractivity contribution in [2.75, 3.05) is 18.4 Å². The second-order valence-electron chi connectivity index (χ2n) is 7.07. The number of aromatic nitrogens is 2. The highest BCUT2D eigenvalue weighted by Gasteiger charge is 2.18. The maximum Gasteiger partial charge on any atom is 0.387 e. The third-order valence-corrected chi connectivity index (χ3v) is 5.02. The Morgan fingerprint density at radius 3 is 3.00 bits per heavy atom. The van der Waals surface area contributed by atoms with E-state index in [1.54, 1.807) is 24.3 Å². The zero-order chi connectivity index (χ0) is 19.9. The van der Waals surface area contributed by atoms with E-state index in [0.717, 1.165) is 19.5 Å². The van der Waals surface area contributed by atoms with Gasteiger partial charge in [-0.3, -0.25) is 9.89 Å². The number of amides is 1. The van der Waals surface area contributed by atoms with Crippen LogP contribution in [0.5, 0.6) is 5.75 Å². The van der Waals surface area contributed by atoms with E-state index in [1.807, 2.05) is 0 Å². The number of hydrogen-bond acceptors (Lipinski definition) is 4. The van der Waals surface area contributed by atoms with Crippen LogP contribution in [0, 0.1) is 0 Å². The van der Waals surface area contributed by atoms with Crippen LogP contribution < -0.4 is 10.1 Å². The normalized spacial score (nSPS) is 17.6. The molecule has 2 aromatic rings. The van der Waals surface area contributed by atoms with Crippen molar-refractivity contribution in [1.29, 1.82) is 0 Å². The highest BCUT2D eigenvalue weighted by atomic mass is 19.3. The third kappa shape index (κ3) is 5.51. The molecular weight excluding hydrogens is 366 g/mol. The molecule has 1 aliphatic rings. The van der Waals surface area contributed by atoms with Crippen molar-refractivity contribution in [1.82, 2.24) is 15.1 Å². The summed E-state index contributed by atoms with van der Waals surface area (Å²) in [7, 11) is 0. The fraction of sp³-hybridized carbons (Fsp3) is 0.500. The quantitative estimate of drug-likeness (QED) is 0.704. The molecule has 1 aromatic carbocycles. The van der Waals surface area contributed by atoms with Crippen LogP contribution in [-0.4, -0.2) is 46.7 Å². The lowest BCUT2D eigenvalue weighted by molar-refractivity contribution is -0.116. The van der Waals surface area contributed by atoms with Gasteiger partial charge in [-0.1, -0.05) is 18.6 Å². The van der Waals surface area contributed by atoms with E-state index >= 15 is 0 Å². The van der Waals surface area contributed by atoms with E-state index < -0.39 is 6.61 Å². The summed E-state index contributed by atoms with van der Waals surface area (Å²) >= 11 is 0. The molecule has 8 heteroatoms. The maximum absolute atomic E-state index is 12.6. The van der Waals surface area contributed by atoms with Crippen molar-refractivity contribution in [3.8, 4) is 17.0 Å². The van der Waals surface area contributed by atoms with Crippen LogP contribution in [0.25, 0.3) is 11.3 Å². The van der Waals surface area contributed by atoms with E-state index in [2.05, 4.69) is 32.1 Å². The lowest BCUT2D eigenvalue weighted by atomic mass is 10.0. The molecule has 2 heterocycles. The number of alkyl halides is 2. The van der Waals surface area contributed by atoms with Gasteiger partial charge in [0.25, 0.3) is 0 Å². The zero-order valence-corrected chi connectivity index (χ0v) is 16.0. The average molecular weight is 392 g/mol. The molecule has 2 N–H and O–H groups in total. The van der Waals surface area contributed by atoms with Crippen molar-refractivity contribution in [3.05, 3.63) is 30.3 Å². The van der Waals surface area contributed by atoms with Gasteiger partial charge in [0, 0.05) is 24.1 Å². The van der Waals surface area contributed by atoms with E-state index in [1.165, 1.54) is 25.3 Å². The summed E-state index contributed by atoms with van der Waals surface area (Å²) in [4.78, 5) is 14.6. The topological polar surface area (TPSA) is 70.2 Å². The number of aromatic amines is 1. The molecule has 1 unspecified atom stereocenters. The third-order valence-electron chi connectivity index (χ3n) is 5.02. The standard InChI is InChI=1S/C20H26F2N4O2/c1-14-7-4-5-11-26(14)12-6-10-19(27)23-18-13-16(24-25-18)15-8-2-3-9-17(15)28-20(21)22/h2-3,8-9,13-14,20H,4-7,10-12H2,1H3,(H2,23,24,25,27). The Hall–Kier alpha value is -2.48. The number of para-hydroxylation sites is 1. The van der Waals surface area contributed by atoms with Gasteiger partial charge in [0.2, 0.25) is 5.91 Å². The van der Waals surface area contributed by atoms with Gasteiger partial charge >= 0.3 is 6.61 Å². The highest BCUT2D eigenvalue weighted by molar-refractivity contribution is 5.90. The maximum atomic E-state index is 12.6. The van der Waals surface area contributed by atoms with Crippen LogP contribution in [0.3, 0.4) is 0 Å². The van der Waals surface area contributed by atoms with Gasteiger partial charge in [0.05, 0.1) is 5.69 Å². The number of nitrogens with one attached hydrogen (secondary N) is 2. The molecule has 1 aromatic heterocycles. The molecule has 28 heavy (non-hydrogen) atoms. The van der Waals surface area contributed by atoms with Crippen LogP contribution in [0.1, 0.15) is 39.0 Å². The first-order chi connectivity index (χ1) is 13.5. The predicted molar refractivity (Wildman–Crippen MR) is 103 cm³/mol. The summed E-state index contributed by atoms with van der Waals surface area (Å²) in [5.41, 5.74) is 0.854. The smallest absolute Gasteiger partial charge is 0.387 e. The molecule has 3 rings (SSSR count). The number of benzene rings is 1. The Bertz CT molecular complexity index is 781. The Morgan fingerprint density at radius 1 is 1.39 bits per heavy atom. The number of halogens is 2. The average Bonchev–Trinajstić information content (AvgIpc) is 3.11. The van der Waals surface area contributed by atoms with Gasteiger partial charge in [-0.25, -0.2) is 0 Å². The summed E-state index contributed by atoms with van der Waals surface area (Å²) in [5, 5.41) is 9.60. The molecule has 0 bridgehead atoms. The van der Waals surface area contributed by atoms with E-state index in [4.69, 9.17) is 0 Å². The number of likely N-dealkylation sites (tertiary alicyclic amines) is 1. The predicted octanol–water partition coefficient (Wildman–Crippen LogP) is 4.27. The van der Waals surface area contributed by atoms with Crippen LogP contribution >= 0.6 is 0 Å². The van der Waals surface area contributed by atoms with Gasteiger partial charge in [0.15, 0.2) is 0 Å². The molecule has 1 fully saturated rings. The minimum absolute atomic E-state index is 0.0394. The minimum atomic E-state index is -2.91. The van der Waals surface area contributed by atoms with Gasteiger partial charge < -0.3 is 15.0 Å². The molecule has 1 atom stereocenters. The number of ether oxygens (including phenoxy) is 1. The van der Waals surface area contributed by atoms with Crippen molar-refractivity contribution in [3.63, 3.8) is 0 Å². The van der Waals surface area contributed by atoms with E-state index in [0.29, 0.717) is 29.5 Å². The number of nitrogens with zero attached hydrogens (tertiary/aromatic N) is 2. The number of anilines is 1. The number of rotatable bonds is 8. The molecule has 0 radical (unpaired) electrons. The molecule has 0 spiro atoms. The Labute approximate surface area is 163 Å². The fourth-order valence-electron chi connectivity index (χ4n) is 3.55. The summed E-state index contributed by atoms with van der Waals surface area (Å²) in [6.07, 6.45) is 4.95. The number of H-pyrrole nitrogens is 1. The molecular formula is C20H26F2N4O2. The van der Waals surface area contributed by atoms with Gasteiger partial charge in [-0.15, -0.1) is 0 Å². The Kier molecular flexibility index (Phi) is 6.97. The summed E-state index contributed by atoms with van der Waals surface area (Å²) in [6.45, 7) is 1.34. The molecule has 1 amide bonds. The first kappa shape index (κ1) is 20.3. The summed E-state index contributed by atoms with van der Waals surface area (Å²) in [6, 6.07) is 8.61. The summed E-state index contributed by atoms with van der Waals surface area (Å²) in [5.74, 6) is 0.368. The SMILES string of the molecule is CC1CCCCN1CCCC(=O)Nc1cc(-c2ccccc2OC(F)F)n[nH]1. The molecule has 1 saturated heterocycles. The monoisotopic (exact) mass is 392 g/mol. The van der Waals surface area contributed by atoms with Crippen LogP contribution in [-0.2, 0) is 4.79 Å². The highest BCUT2D eigenvalue weighted by Crippen LogP contribution is 2.30. The first-order valence-electron chi connectivity index (χ1n) is 9.66. The van der Waals surface area contributed by atoms with Crippen LogP contribution in [0.2, 0.25) is 0 Å². The summed E-state index contributed by atoms with van der Waals surface area (Å²) < 4.78 is 29.6. The zero-order valence-electron chi connectivity index (χ0n) is 16.0. The van der Waals surface area contributed by atoms with Crippen molar-refractivity contribution in [2.24, 2.45) is 0 Å². The minimum Gasteiger partial charge on any atom is -0.434 e. The van der Waals surface area contributed by atoms with Crippen molar-refractivity contribution in [2.45, 2.75) is 51.7 Å². The second-order valence-corrected chi connectivity index (χ2v) is 7.07. The molecule has 0 saturated carbocycles. The lowest BCUT2D eigenvalue weighted by Crippen LogP contribution is -2.38. The number of carbonyl (C=O) groups is 1. The number of carbonyl (C=O) groups excluding carboxylic acids is 1. The van der Waals surface area contributed by atoms with Gasteiger partial charge in [-0.05, 0) is 51.4 Å².